The van der Waals surface area contributed by atoms with E-state index in [4.69, 9.17) is 0 Å². The van der Waals surface area contributed by atoms with E-state index in [0.29, 0.717) is 11.5 Å². The van der Waals surface area contributed by atoms with Crippen molar-refractivity contribution in [2.24, 2.45) is 5.92 Å². The van der Waals surface area contributed by atoms with Gasteiger partial charge in [-0.25, -0.2) is 4.79 Å². The van der Waals surface area contributed by atoms with Gasteiger partial charge in [0.15, 0.2) is 4.08 Å². The molecular formula is C12H17NO5S3. The smallest absolute Gasteiger partial charge is 0.332 e. The molecule has 9 heteroatoms. The second kappa shape index (κ2) is 5.52. The van der Waals surface area contributed by atoms with Crippen molar-refractivity contribution in [3.05, 3.63) is 0 Å². The van der Waals surface area contributed by atoms with Gasteiger partial charge in [-0.15, -0.1) is 23.5 Å². The molecule has 3 aliphatic rings. The zero-order chi connectivity index (χ0) is 15.4. The molecule has 0 aliphatic carbocycles. The summed E-state index contributed by atoms with van der Waals surface area (Å²) in [7, 11) is 0. The first kappa shape index (κ1) is 15.8. The van der Waals surface area contributed by atoms with E-state index >= 15 is 0 Å². The number of nitrogens with zero attached hydrogens (tertiary/aromatic N) is 1. The lowest BCUT2D eigenvalue weighted by atomic mass is 9.93. The summed E-state index contributed by atoms with van der Waals surface area (Å²) < 4.78 is 10.4. The normalized spacial score (nSPS) is 43.6. The van der Waals surface area contributed by atoms with E-state index in [1.165, 1.54) is 23.5 Å². The quantitative estimate of drug-likeness (QED) is 0.540. The van der Waals surface area contributed by atoms with Crippen LogP contribution >= 0.6 is 23.5 Å². The van der Waals surface area contributed by atoms with Gasteiger partial charge in [0.05, 0.1) is 29.2 Å². The summed E-state index contributed by atoms with van der Waals surface area (Å²) in [5.74, 6) is -0.462. The predicted molar refractivity (Wildman–Crippen MR) is 82.5 cm³/mol. The van der Waals surface area contributed by atoms with E-state index in [0.717, 1.165) is 6.42 Å². The fraction of sp³-hybridized carbons (Fsp3) is 0.833. The molecule has 118 valence electrons. The van der Waals surface area contributed by atoms with Crippen molar-refractivity contribution in [3.63, 3.8) is 0 Å². The number of carbonyl (C=O) groups is 2. The molecule has 3 aliphatic heterocycles. The number of carbonyl (C=O) groups excluding carboxylic acids is 1. The van der Waals surface area contributed by atoms with Crippen molar-refractivity contribution < 1.29 is 24.4 Å². The fourth-order valence-corrected chi connectivity index (χ4v) is 8.68. The van der Waals surface area contributed by atoms with Crippen LogP contribution in [-0.2, 0) is 20.8 Å². The maximum absolute atomic E-state index is 12.0. The Balaban J connectivity index is 1.75. The van der Waals surface area contributed by atoms with Crippen LogP contribution in [-0.4, -0.2) is 70.4 Å². The zero-order valence-corrected chi connectivity index (χ0v) is 13.9. The summed E-state index contributed by atoms with van der Waals surface area (Å²) in [5, 5.41) is 19.1. The Labute approximate surface area is 134 Å². The Kier molecular flexibility index (Phi) is 4.15. The van der Waals surface area contributed by atoms with E-state index in [1.54, 1.807) is 11.8 Å². The van der Waals surface area contributed by atoms with Crippen LogP contribution in [0.1, 0.15) is 13.3 Å². The fourth-order valence-electron chi connectivity index (χ4n) is 2.99. The van der Waals surface area contributed by atoms with Crippen molar-refractivity contribution in [2.75, 3.05) is 18.1 Å². The summed E-state index contributed by atoms with van der Waals surface area (Å²) in [6.07, 6.45) is -0.00878. The van der Waals surface area contributed by atoms with Crippen LogP contribution in [0.15, 0.2) is 0 Å². The molecule has 3 saturated heterocycles. The lowest BCUT2D eigenvalue weighted by molar-refractivity contribution is -0.155. The van der Waals surface area contributed by atoms with E-state index in [1.807, 2.05) is 0 Å². The molecule has 21 heavy (non-hydrogen) atoms. The summed E-state index contributed by atoms with van der Waals surface area (Å²) in [6.45, 7) is 1.72. The maximum atomic E-state index is 12.0. The molecule has 3 rings (SSSR count). The third-order valence-electron chi connectivity index (χ3n) is 4.11. The minimum absolute atomic E-state index is 0.0632. The van der Waals surface area contributed by atoms with E-state index in [-0.39, 0.29) is 23.1 Å². The van der Waals surface area contributed by atoms with Crippen LogP contribution in [0.4, 0.5) is 0 Å². The number of rotatable bonds is 4. The summed E-state index contributed by atoms with van der Waals surface area (Å²) in [4.78, 5) is 25.3. The van der Waals surface area contributed by atoms with Gasteiger partial charge in [-0.3, -0.25) is 4.79 Å². The summed E-state index contributed by atoms with van der Waals surface area (Å²) >= 11 is 1.73. The van der Waals surface area contributed by atoms with Gasteiger partial charge >= 0.3 is 5.97 Å². The van der Waals surface area contributed by atoms with Crippen LogP contribution in [0.3, 0.4) is 0 Å². The third kappa shape index (κ3) is 2.56. The van der Waals surface area contributed by atoms with Gasteiger partial charge < -0.3 is 19.7 Å². The Morgan fingerprint density at radius 1 is 1.67 bits per heavy atom. The minimum Gasteiger partial charge on any atom is -0.616 e. The molecule has 0 spiro atoms. The molecule has 0 radical (unpaired) electrons. The Morgan fingerprint density at radius 3 is 2.90 bits per heavy atom. The molecular weight excluding hydrogens is 334 g/mol. The average Bonchev–Trinajstić information content (AvgIpc) is 2.93. The number of thioether (sulfide) groups is 2. The molecule has 3 heterocycles. The number of β-lactam (4-membered cyclic amide) rings is 1. The van der Waals surface area contributed by atoms with Crippen LogP contribution in [0.25, 0.3) is 0 Å². The zero-order valence-electron chi connectivity index (χ0n) is 11.4. The van der Waals surface area contributed by atoms with E-state index < -0.39 is 33.2 Å². The number of fused-ring (bicyclic) bond motifs is 1. The average molecular weight is 351 g/mol. The van der Waals surface area contributed by atoms with E-state index in [9.17, 15) is 24.4 Å². The van der Waals surface area contributed by atoms with Gasteiger partial charge in [0.1, 0.15) is 11.5 Å². The Hall–Kier alpha value is -0.0900. The first-order valence-electron chi connectivity index (χ1n) is 6.76. The molecule has 3 unspecified atom stereocenters. The Morgan fingerprint density at radius 2 is 2.38 bits per heavy atom. The number of carboxylic acid groups (broad SMARTS) is 1. The van der Waals surface area contributed by atoms with Crippen molar-refractivity contribution in [1.29, 1.82) is 0 Å². The predicted octanol–water partition coefficient (Wildman–Crippen LogP) is -0.0664. The highest BCUT2D eigenvalue weighted by Crippen LogP contribution is 2.56. The highest BCUT2D eigenvalue weighted by Gasteiger charge is 2.63. The molecule has 6 atom stereocenters. The molecule has 0 aromatic rings. The highest BCUT2D eigenvalue weighted by atomic mass is 32.2. The van der Waals surface area contributed by atoms with Gasteiger partial charge in [-0.05, 0) is 6.92 Å². The molecule has 1 amide bonds. The molecule has 0 aromatic heterocycles. The number of aliphatic hydroxyl groups is 1. The molecule has 2 N–H and O–H groups in total. The van der Waals surface area contributed by atoms with Crippen molar-refractivity contribution in [1.82, 2.24) is 4.90 Å². The Bertz CT molecular complexity index is 476. The summed E-state index contributed by atoms with van der Waals surface area (Å²) in [6, 6.07) is 0. The van der Waals surface area contributed by atoms with Crippen molar-refractivity contribution in [2.45, 2.75) is 34.2 Å². The lowest BCUT2D eigenvalue weighted by Crippen LogP contribution is -2.60. The number of amides is 1. The third-order valence-corrected chi connectivity index (χ3v) is 9.26. The number of aliphatic hydroxyl groups excluding tert-OH is 1. The van der Waals surface area contributed by atoms with Gasteiger partial charge in [0.25, 0.3) is 0 Å². The monoisotopic (exact) mass is 351 g/mol. The maximum Gasteiger partial charge on any atom is 0.332 e. The molecule has 3 fully saturated rings. The molecule has 0 saturated carbocycles. The molecule has 0 aromatic carbocycles. The molecule has 6 nitrogen and oxygen atoms in total. The van der Waals surface area contributed by atoms with Crippen molar-refractivity contribution >= 4 is 46.6 Å². The second-order valence-corrected chi connectivity index (χ2v) is 10.5. The summed E-state index contributed by atoms with van der Waals surface area (Å²) in [5.41, 5.74) is 0. The van der Waals surface area contributed by atoms with Crippen LogP contribution in [0, 0.1) is 5.92 Å². The minimum atomic E-state index is -1.09. The van der Waals surface area contributed by atoms with E-state index in [2.05, 4.69) is 0 Å². The van der Waals surface area contributed by atoms with Gasteiger partial charge in [0.2, 0.25) is 5.91 Å². The number of carboxylic acids is 1. The first-order chi connectivity index (χ1) is 9.84. The topological polar surface area (TPSA) is 101 Å². The second-order valence-electron chi connectivity index (χ2n) is 5.64. The first-order valence-corrected chi connectivity index (χ1v) is 10.0. The molecule has 0 bridgehead atoms. The number of hydrogen-bond donors (Lipinski definition) is 2. The number of hydrogen-bond acceptors (Lipinski definition) is 6. The van der Waals surface area contributed by atoms with Crippen LogP contribution < -0.4 is 0 Å². The van der Waals surface area contributed by atoms with Crippen LogP contribution in [0.5, 0.6) is 0 Å². The SMILES string of the molecule is C[C@@H](O)[C@H]1C(=O)N2CC(SC3CC[S+]([O-])C3)(C(=O)O)S[C@H]12. The van der Waals surface area contributed by atoms with Gasteiger partial charge in [-0.2, -0.15) is 0 Å². The lowest BCUT2D eigenvalue weighted by Gasteiger charge is -2.42. The highest BCUT2D eigenvalue weighted by molar-refractivity contribution is 8.20. The van der Waals surface area contributed by atoms with Gasteiger partial charge in [-0.1, -0.05) is 11.2 Å². The van der Waals surface area contributed by atoms with Crippen LogP contribution in [0.2, 0.25) is 0 Å². The standard InChI is InChI=1S/C12H17NO5S3/c1-6(14)8-9(15)13-5-12(11(16)17,20-10(8)13)19-7-2-3-21(18)4-7/h6-8,10,14H,2-5H2,1H3,(H,16,17)/t6-,7?,8+,10-,12?,21?/m1/s1. The van der Waals surface area contributed by atoms with Gasteiger partial charge in [0, 0.05) is 6.42 Å². The largest absolute Gasteiger partial charge is 0.616 e. The number of aliphatic carboxylic acids is 1. The van der Waals surface area contributed by atoms with Crippen molar-refractivity contribution in [3.8, 4) is 0 Å².